The number of hydrogen-bond donors (Lipinski definition) is 0. The second kappa shape index (κ2) is 20.2. The summed E-state index contributed by atoms with van der Waals surface area (Å²) >= 11 is 0. The summed E-state index contributed by atoms with van der Waals surface area (Å²) < 4.78 is 11.0. The number of aromatic nitrogens is 2. The predicted octanol–water partition coefficient (Wildman–Crippen LogP) is 8.98. The van der Waals surface area contributed by atoms with Crippen molar-refractivity contribution in [2.75, 3.05) is 13.7 Å². The molecule has 0 N–H and O–H groups in total. The molecule has 0 saturated carbocycles. The molecule has 6 atom stereocenters. The fraction of sp³-hybridized carbons (Fsp3) is 0.540. The maximum atomic E-state index is 14.3. The first-order valence-electron chi connectivity index (χ1n) is 21.9. The number of ether oxygens (including phenoxy) is 2. The molecule has 318 valence electrons. The molecule has 60 heavy (non-hydrogen) atoms. The maximum absolute atomic E-state index is 14.3. The van der Waals surface area contributed by atoms with Gasteiger partial charge in [-0.1, -0.05) is 131 Å². The Hall–Kier alpha value is -4.02. The molecule has 5 heterocycles. The molecule has 2 aromatic rings. The number of ketones is 1. The first-order chi connectivity index (χ1) is 28.2. The van der Waals surface area contributed by atoms with Crippen LogP contribution in [-0.4, -0.2) is 60.5 Å². The smallest absolute Gasteiger partial charge is 0.681 e. The number of nitrogens with zero attached hydrogens (tertiary/aromatic N) is 4. The molecular weight excluding hydrogens is 761 g/mol. The van der Waals surface area contributed by atoms with E-state index in [0.29, 0.717) is 40.2 Å². The molecule has 0 radical (unpaired) electrons. The van der Waals surface area contributed by atoms with Crippen molar-refractivity contribution in [3.05, 3.63) is 108 Å². The van der Waals surface area contributed by atoms with Crippen molar-refractivity contribution in [1.29, 1.82) is 0 Å². The van der Waals surface area contributed by atoms with Crippen molar-refractivity contribution in [3.63, 3.8) is 0 Å². The van der Waals surface area contributed by atoms with Crippen molar-refractivity contribution < 1.29 is 23.9 Å². The van der Waals surface area contributed by atoms with Gasteiger partial charge in [-0.05, 0) is 82.1 Å². The Morgan fingerprint density at radius 2 is 1.72 bits per heavy atom. The number of carbonyl (C=O) groups is 3. The van der Waals surface area contributed by atoms with E-state index in [0.717, 1.165) is 69.9 Å². The Balaban J connectivity index is 0.00000683. The van der Waals surface area contributed by atoms with Gasteiger partial charge in [-0.2, -0.15) is 11.4 Å². The zero-order valence-electron chi connectivity index (χ0n) is 37.7. The van der Waals surface area contributed by atoms with E-state index in [1.54, 1.807) is 0 Å². The molecule has 0 spiro atoms. The molecule has 2 aromatic heterocycles. The fourth-order valence-corrected chi connectivity index (χ4v) is 9.45. The third kappa shape index (κ3) is 9.70. The molecule has 0 amide bonds. The van der Waals surface area contributed by atoms with Gasteiger partial charge in [0.25, 0.3) is 0 Å². The van der Waals surface area contributed by atoms with Gasteiger partial charge in [0, 0.05) is 12.0 Å². The van der Waals surface area contributed by atoms with E-state index in [9.17, 15) is 14.4 Å². The minimum absolute atomic E-state index is 0. The molecular formula is C50H64MgN4O5-2. The van der Waals surface area contributed by atoms with Gasteiger partial charge >= 0.3 is 35.0 Å². The van der Waals surface area contributed by atoms with Crippen LogP contribution in [0.15, 0.2) is 53.0 Å². The van der Waals surface area contributed by atoms with E-state index in [-0.39, 0.29) is 71.6 Å². The zero-order valence-corrected chi connectivity index (χ0v) is 39.2. The first-order valence-corrected chi connectivity index (χ1v) is 21.9. The van der Waals surface area contributed by atoms with E-state index in [1.807, 2.05) is 31.2 Å². The van der Waals surface area contributed by atoms with Crippen molar-refractivity contribution in [3.8, 4) is 0 Å². The van der Waals surface area contributed by atoms with Crippen molar-refractivity contribution in [1.82, 2.24) is 9.97 Å². The van der Waals surface area contributed by atoms with Crippen LogP contribution in [-0.2, 0) is 25.5 Å². The van der Waals surface area contributed by atoms with Gasteiger partial charge in [0.15, 0.2) is 5.78 Å². The standard InChI is InChI=1S/C50H65N4O5.Mg/c1-12-34-30(7)37-24-39-32(9)36(20-21-43(55)59-23-22-29(6)19-15-18-28(5)17-14-16-27(3)4)47(53-39)45-46(50(57)58-11)49(56)44-33(10)40(54-48(44)45)26-42-35(13-2)31(8)38(52-42)25-41(34)51-37;/h12,22,24-28,30,32,36,39,46H,1,13-21,23H2,2-11H3,(H-,53,54,56);/q-3;+2/p-1/b29-22-,37-24-,38-25-,42-26-;/t28-,30?,32+,36+,39?,46-;/m1./s1. The van der Waals surface area contributed by atoms with Crippen LogP contribution in [0.3, 0.4) is 0 Å². The molecule has 3 aliphatic heterocycles. The molecule has 2 unspecified atom stereocenters. The van der Waals surface area contributed by atoms with Crippen LogP contribution < -0.4 is 20.7 Å². The van der Waals surface area contributed by atoms with Crippen molar-refractivity contribution in [2.24, 2.45) is 35.5 Å². The second-order valence-electron chi connectivity index (χ2n) is 17.7. The summed E-state index contributed by atoms with van der Waals surface area (Å²) in [7, 11) is 1.30. The molecule has 10 heteroatoms. The third-order valence-electron chi connectivity index (χ3n) is 13.2. The number of esters is 2. The summed E-state index contributed by atoms with van der Waals surface area (Å²) in [6, 6.07) is -0.335. The number of rotatable bonds is 16. The number of hydrogen-bond acceptors (Lipinski definition) is 5. The second-order valence-corrected chi connectivity index (χ2v) is 17.7. The summed E-state index contributed by atoms with van der Waals surface area (Å²) in [4.78, 5) is 51.4. The quantitative estimate of drug-likeness (QED) is 0.0716. The SMILES string of the molecule is C=CC1=C2/C=c3\[n-]/c(c(CC)c3C)=C\c3[n-]c4c(c3C)C(=O)[C@H](C(=O)OC)/C4=C3/[N-]C(/C=C(\[N-]2)C1C)[C@@H](C)[C@@H]3CCC(=O)OC/C=C(/C)CCC[C@H](C)CCCC(C)C.[Mg+2]. The van der Waals surface area contributed by atoms with Gasteiger partial charge < -0.3 is 30.1 Å². The molecule has 1 fully saturated rings. The zero-order chi connectivity index (χ0) is 42.7. The Labute approximate surface area is 373 Å². The normalized spacial score (nSPS) is 25.6. The van der Waals surface area contributed by atoms with Crippen LogP contribution in [0.5, 0.6) is 0 Å². The molecule has 1 saturated heterocycles. The van der Waals surface area contributed by atoms with Gasteiger partial charge in [0.1, 0.15) is 12.5 Å². The van der Waals surface area contributed by atoms with Crippen LogP contribution in [0.2, 0.25) is 0 Å². The summed E-state index contributed by atoms with van der Waals surface area (Å²) in [6.07, 6.45) is 18.5. The minimum atomic E-state index is -1.20. The Morgan fingerprint density at radius 1 is 0.983 bits per heavy atom. The van der Waals surface area contributed by atoms with Crippen LogP contribution in [0, 0.1) is 49.4 Å². The van der Waals surface area contributed by atoms with Crippen molar-refractivity contribution >= 4 is 58.5 Å². The average Bonchev–Trinajstić information content (AvgIpc) is 3.94. The summed E-state index contributed by atoms with van der Waals surface area (Å²) in [6.45, 7) is 23.7. The predicted molar refractivity (Wildman–Crippen MR) is 241 cm³/mol. The van der Waals surface area contributed by atoms with Crippen LogP contribution >= 0.6 is 0 Å². The number of methoxy groups -OCH3 is 1. The molecule has 1 aliphatic carbocycles. The van der Waals surface area contributed by atoms with Crippen LogP contribution in [0.1, 0.15) is 138 Å². The summed E-state index contributed by atoms with van der Waals surface area (Å²) in [5, 5.41) is 12.1. The number of allylic oxidation sites excluding steroid dienone is 5. The van der Waals surface area contributed by atoms with E-state index < -0.39 is 11.9 Å². The fourth-order valence-electron chi connectivity index (χ4n) is 9.45. The molecule has 6 rings (SSSR count). The van der Waals surface area contributed by atoms with Gasteiger partial charge in [0.2, 0.25) is 0 Å². The Morgan fingerprint density at radius 3 is 2.40 bits per heavy atom. The van der Waals surface area contributed by atoms with Gasteiger partial charge in [0.05, 0.1) is 7.11 Å². The van der Waals surface area contributed by atoms with Crippen molar-refractivity contribution in [2.45, 2.75) is 126 Å². The number of carbonyl (C=O) groups excluding carboxylic acids is 3. The molecule has 4 aliphatic rings. The Kier molecular flexibility index (Phi) is 15.9. The topological polar surface area (TPSA) is 126 Å². The Bertz CT molecular complexity index is 2230. The van der Waals surface area contributed by atoms with Gasteiger partial charge in [-0.25, -0.2) is 0 Å². The number of fused-ring (bicyclic) bond motifs is 7. The van der Waals surface area contributed by atoms with E-state index in [4.69, 9.17) is 30.1 Å². The van der Waals surface area contributed by atoms with Crippen LogP contribution in [0.25, 0.3) is 28.4 Å². The third-order valence-corrected chi connectivity index (χ3v) is 13.2. The maximum Gasteiger partial charge on any atom is 2.00 e. The summed E-state index contributed by atoms with van der Waals surface area (Å²) in [5.74, 6) is -1.39. The van der Waals surface area contributed by atoms with Gasteiger partial charge in [-0.3, -0.25) is 14.4 Å². The average molecular weight is 825 g/mol. The minimum Gasteiger partial charge on any atom is -0.681 e. The van der Waals surface area contributed by atoms with Gasteiger partial charge in [-0.15, -0.1) is 33.9 Å². The number of Topliss-reactive ketones (excluding diaryl/α,β-unsaturated/α-hetero) is 1. The van der Waals surface area contributed by atoms with E-state index in [2.05, 4.69) is 68.0 Å². The summed E-state index contributed by atoms with van der Waals surface area (Å²) in [5.41, 5.74) is 9.40. The largest absolute Gasteiger partial charge is 2.00 e. The van der Waals surface area contributed by atoms with Crippen LogP contribution in [0.4, 0.5) is 0 Å². The van der Waals surface area contributed by atoms with E-state index >= 15 is 0 Å². The monoisotopic (exact) mass is 824 g/mol. The molecule has 8 bridgehead atoms. The molecule has 9 nitrogen and oxygen atoms in total. The first kappa shape index (κ1) is 47.0. The van der Waals surface area contributed by atoms with E-state index in [1.165, 1.54) is 38.4 Å². The molecule has 0 aromatic carbocycles.